The Hall–Kier alpha value is -3.02. The van der Waals surface area contributed by atoms with Crippen LogP contribution in [0.4, 0.5) is 4.79 Å². The SMILES string of the molecule is CNC(=O)Oc1cccc2c1OC(C)(C)C2=O.Oc1ccccc1. The molecular formula is C18H19NO5. The number of carbonyl (C=O) groups excluding carboxylic acids is 2. The van der Waals surface area contributed by atoms with Gasteiger partial charge in [0.15, 0.2) is 17.1 Å². The van der Waals surface area contributed by atoms with Gasteiger partial charge in [0.2, 0.25) is 5.78 Å². The van der Waals surface area contributed by atoms with E-state index in [0.717, 1.165) is 0 Å². The second kappa shape index (κ2) is 7.04. The van der Waals surface area contributed by atoms with Gasteiger partial charge in [0.25, 0.3) is 0 Å². The van der Waals surface area contributed by atoms with Crippen LogP contribution in [0.25, 0.3) is 0 Å². The average molecular weight is 329 g/mol. The summed E-state index contributed by atoms with van der Waals surface area (Å²) in [6.45, 7) is 3.36. The summed E-state index contributed by atoms with van der Waals surface area (Å²) >= 11 is 0. The van der Waals surface area contributed by atoms with Gasteiger partial charge in [-0.2, -0.15) is 0 Å². The standard InChI is InChI=1S/C12H13NO4.C6H6O/c1-12(2)10(14)7-5-4-6-8(9(7)17-12)16-11(15)13-3;7-6-4-2-1-3-5-6/h4-6H,1-3H3,(H,13,15);1-5,7H. The molecule has 0 aliphatic carbocycles. The number of ketones is 1. The maximum absolute atomic E-state index is 11.9. The number of aromatic hydroxyl groups is 1. The molecule has 126 valence electrons. The lowest BCUT2D eigenvalue weighted by molar-refractivity contribution is 0.0679. The lowest BCUT2D eigenvalue weighted by atomic mass is 10.00. The molecule has 2 aromatic rings. The third kappa shape index (κ3) is 3.84. The zero-order chi connectivity index (χ0) is 17.7. The summed E-state index contributed by atoms with van der Waals surface area (Å²) in [6, 6.07) is 13.6. The molecule has 0 unspecified atom stereocenters. The zero-order valence-electron chi connectivity index (χ0n) is 13.7. The highest BCUT2D eigenvalue weighted by molar-refractivity contribution is 6.07. The highest BCUT2D eigenvalue weighted by Gasteiger charge is 2.41. The Kier molecular flexibility index (Phi) is 5.08. The van der Waals surface area contributed by atoms with E-state index < -0.39 is 11.7 Å². The molecule has 6 heteroatoms. The van der Waals surface area contributed by atoms with E-state index >= 15 is 0 Å². The van der Waals surface area contributed by atoms with E-state index in [1.807, 2.05) is 6.07 Å². The van der Waals surface area contributed by atoms with Gasteiger partial charge in [-0.3, -0.25) is 4.79 Å². The van der Waals surface area contributed by atoms with E-state index in [-0.39, 0.29) is 11.5 Å². The first kappa shape index (κ1) is 17.3. The van der Waals surface area contributed by atoms with Gasteiger partial charge in [0, 0.05) is 7.05 Å². The molecule has 1 aliphatic heterocycles. The molecule has 3 rings (SSSR count). The molecule has 24 heavy (non-hydrogen) atoms. The second-order valence-electron chi connectivity index (χ2n) is 5.55. The fourth-order valence-corrected chi connectivity index (χ4v) is 2.08. The van der Waals surface area contributed by atoms with E-state index in [9.17, 15) is 9.59 Å². The zero-order valence-corrected chi connectivity index (χ0v) is 13.7. The number of Topliss-reactive ketones (excluding diaryl/α,β-unsaturated/α-hetero) is 1. The van der Waals surface area contributed by atoms with Gasteiger partial charge in [-0.1, -0.05) is 24.3 Å². The summed E-state index contributed by atoms with van der Waals surface area (Å²) in [5.41, 5.74) is -0.471. The van der Waals surface area contributed by atoms with Crippen LogP contribution in [0.3, 0.4) is 0 Å². The van der Waals surface area contributed by atoms with Crippen molar-refractivity contribution in [3.63, 3.8) is 0 Å². The lowest BCUT2D eigenvalue weighted by Crippen LogP contribution is -2.32. The van der Waals surface area contributed by atoms with E-state index in [4.69, 9.17) is 14.6 Å². The quantitative estimate of drug-likeness (QED) is 0.839. The molecule has 2 aromatic carbocycles. The van der Waals surface area contributed by atoms with Crippen LogP contribution in [0.5, 0.6) is 17.2 Å². The third-order valence-corrected chi connectivity index (χ3v) is 3.29. The highest BCUT2D eigenvalue weighted by atomic mass is 16.6. The Morgan fingerprint density at radius 2 is 1.79 bits per heavy atom. The Morgan fingerprint density at radius 3 is 2.33 bits per heavy atom. The number of nitrogens with one attached hydrogen (secondary N) is 1. The van der Waals surface area contributed by atoms with Crippen molar-refractivity contribution in [1.29, 1.82) is 0 Å². The summed E-state index contributed by atoms with van der Waals surface area (Å²) in [7, 11) is 1.46. The number of amides is 1. The third-order valence-electron chi connectivity index (χ3n) is 3.29. The molecule has 0 atom stereocenters. The number of fused-ring (bicyclic) bond motifs is 1. The van der Waals surface area contributed by atoms with E-state index in [1.54, 1.807) is 56.3 Å². The molecule has 1 heterocycles. The number of benzene rings is 2. The Morgan fingerprint density at radius 1 is 1.12 bits per heavy atom. The molecule has 2 N–H and O–H groups in total. The number of para-hydroxylation sites is 2. The summed E-state index contributed by atoms with van der Waals surface area (Å²) in [5.74, 6) is 0.782. The van der Waals surface area contributed by atoms with Gasteiger partial charge >= 0.3 is 6.09 Å². The minimum absolute atomic E-state index is 0.116. The van der Waals surface area contributed by atoms with Gasteiger partial charge < -0.3 is 19.9 Å². The van der Waals surface area contributed by atoms with E-state index in [2.05, 4.69) is 5.32 Å². The van der Waals surface area contributed by atoms with Crippen LogP contribution in [0.1, 0.15) is 24.2 Å². The van der Waals surface area contributed by atoms with E-state index in [0.29, 0.717) is 17.1 Å². The number of phenolic OH excluding ortho intramolecular Hbond substituents is 1. The topological polar surface area (TPSA) is 84.9 Å². The van der Waals surface area contributed by atoms with E-state index in [1.165, 1.54) is 7.05 Å². The molecule has 0 bridgehead atoms. The molecule has 1 amide bonds. The molecule has 0 radical (unpaired) electrons. The van der Waals surface area contributed by atoms with Gasteiger partial charge in [-0.25, -0.2) is 4.79 Å². The first-order valence-corrected chi connectivity index (χ1v) is 7.35. The molecule has 0 spiro atoms. The Labute approximate surface area is 140 Å². The largest absolute Gasteiger partial charge is 0.508 e. The predicted molar refractivity (Wildman–Crippen MR) is 88.7 cm³/mol. The van der Waals surface area contributed by atoms with Crippen molar-refractivity contribution in [3.8, 4) is 17.2 Å². The maximum Gasteiger partial charge on any atom is 0.412 e. The van der Waals surface area contributed by atoms with Crippen LogP contribution < -0.4 is 14.8 Å². The Bertz CT molecular complexity index is 740. The first-order chi connectivity index (χ1) is 11.3. The van der Waals surface area contributed by atoms with Crippen molar-refractivity contribution < 1.29 is 24.2 Å². The highest BCUT2D eigenvalue weighted by Crippen LogP contribution is 2.41. The summed E-state index contributed by atoms with van der Waals surface area (Å²) in [6.07, 6.45) is -0.598. The predicted octanol–water partition coefficient (Wildman–Crippen LogP) is 3.15. The van der Waals surface area contributed by atoms with Crippen LogP contribution in [-0.2, 0) is 0 Å². The number of phenols is 1. The second-order valence-corrected chi connectivity index (χ2v) is 5.55. The van der Waals surface area contributed by atoms with Crippen LogP contribution >= 0.6 is 0 Å². The van der Waals surface area contributed by atoms with Crippen molar-refractivity contribution in [2.75, 3.05) is 7.05 Å². The van der Waals surface area contributed by atoms with Crippen LogP contribution in [0.2, 0.25) is 0 Å². The molecule has 0 saturated heterocycles. The molecular weight excluding hydrogens is 310 g/mol. The smallest absolute Gasteiger partial charge is 0.412 e. The number of ether oxygens (including phenoxy) is 2. The fraction of sp³-hybridized carbons (Fsp3) is 0.222. The molecule has 0 aromatic heterocycles. The molecule has 6 nitrogen and oxygen atoms in total. The summed E-state index contributed by atoms with van der Waals surface area (Å²) in [5, 5.41) is 11.0. The summed E-state index contributed by atoms with van der Waals surface area (Å²) in [4.78, 5) is 23.1. The number of hydrogen-bond donors (Lipinski definition) is 2. The number of carbonyl (C=O) groups is 2. The van der Waals surface area contributed by atoms with Gasteiger partial charge in [0.05, 0.1) is 5.56 Å². The monoisotopic (exact) mass is 329 g/mol. The molecule has 1 aliphatic rings. The first-order valence-electron chi connectivity index (χ1n) is 7.35. The van der Waals surface area contributed by atoms with Gasteiger partial charge in [-0.05, 0) is 38.1 Å². The maximum atomic E-state index is 11.9. The van der Waals surface area contributed by atoms with Gasteiger partial charge in [0.1, 0.15) is 5.75 Å². The van der Waals surface area contributed by atoms with Crippen molar-refractivity contribution >= 4 is 11.9 Å². The fourth-order valence-electron chi connectivity index (χ4n) is 2.08. The normalized spacial score (nSPS) is 13.9. The van der Waals surface area contributed by atoms with Crippen molar-refractivity contribution in [3.05, 3.63) is 54.1 Å². The molecule has 0 saturated carbocycles. The molecule has 0 fully saturated rings. The minimum atomic E-state index is -0.912. The average Bonchev–Trinajstić information content (AvgIpc) is 2.80. The van der Waals surface area contributed by atoms with Crippen LogP contribution in [0.15, 0.2) is 48.5 Å². The number of hydrogen-bond acceptors (Lipinski definition) is 5. The Balaban J connectivity index is 0.000000249. The lowest BCUT2D eigenvalue weighted by Gasteiger charge is -2.16. The van der Waals surface area contributed by atoms with Crippen molar-refractivity contribution in [1.82, 2.24) is 5.32 Å². The van der Waals surface area contributed by atoms with Crippen LogP contribution in [-0.4, -0.2) is 29.6 Å². The number of rotatable bonds is 1. The van der Waals surface area contributed by atoms with Gasteiger partial charge in [-0.15, -0.1) is 0 Å². The minimum Gasteiger partial charge on any atom is -0.508 e. The summed E-state index contributed by atoms with van der Waals surface area (Å²) < 4.78 is 10.5. The van der Waals surface area contributed by atoms with Crippen molar-refractivity contribution in [2.45, 2.75) is 19.4 Å². The van der Waals surface area contributed by atoms with Crippen LogP contribution in [0, 0.1) is 0 Å². The van der Waals surface area contributed by atoms with Crippen molar-refractivity contribution in [2.24, 2.45) is 0 Å².